The van der Waals surface area contributed by atoms with Crippen LogP contribution >= 0.6 is 0 Å². The van der Waals surface area contributed by atoms with Crippen molar-refractivity contribution in [1.29, 1.82) is 0 Å². The molecule has 0 radical (unpaired) electrons. The van der Waals surface area contributed by atoms with E-state index in [9.17, 15) is 9.90 Å². The molecular formula is C19H23N3O2. The van der Waals surface area contributed by atoms with Crippen molar-refractivity contribution in [1.82, 2.24) is 9.88 Å². The van der Waals surface area contributed by atoms with Gasteiger partial charge in [0.25, 0.3) is 5.91 Å². The third-order valence-corrected chi connectivity index (χ3v) is 4.25. The van der Waals surface area contributed by atoms with Crippen molar-refractivity contribution in [3.8, 4) is 5.75 Å². The Kier molecular flexibility index (Phi) is 4.69. The van der Waals surface area contributed by atoms with Crippen LogP contribution in [0.3, 0.4) is 0 Å². The second-order valence-corrected chi connectivity index (χ2v) is 6.59. The molecule has 0 bridgehead atoms. The first-order valence-corrected chi connectivity index (χ1v) is 8.23. The topological polar surface area (TPSA) is 56.7 Å². The van der Waals surface area contributed by atoms with Crippen LogP contribution in [-0.4, -0.2) is 41.5 Å². The predicted molar refractivity (Wildman–Crippen MR) is 94.1 cm³/mol. The van der Waals surface area contributed by atoms with Gasteiger partial charge in [0.1, 0.15) is 11.4 Å². The zero-order chi connectivity index (χ0) is 17.1. The zero-order valence-electron chi connectivity index (χ0n) is 14.1. The monoisotopic (exact) mass is 325 g/mol. The molecule has 1 aromatic heterocycles. The number of carbonyl (C=O) groups is 1. The normalized spacial score (nSPS) is 13.6. The van der Waals surface area contributed by atoms with Crippen LogP contribution in [0.4, 0.5) is 5.69 Å². The smallest absolute Gasteiger partial charge is 0.272 e. The van der Waals surface area contributed by atoms with Crippen molar-refractivity contribution in [2.45, 2.75) is 19.4 Å². The summed E-state index contributed by atoms with van der Waals surface area (Å²) >= 11 is 0. The molecular weight excluding hydrogens is 302 g/mol. The highest BCUT2D eigenvalue weighted by Gasteiger charge is 2.28. The van der Waals surface area contributed by atoms with Gasteiger partial charge in [0.05, 0.1) is 0 Å². The molecule has 1 aliphatic rings. The molecule has 1 amide bonds. The average molecular weight is 325 g/mol. The lowest BCUT2D eigenvalue weighted by Gasteiger charge is -2.23. The Balaban J connectivity index is 1.80. The van der Waals surface area contributed by atoms with Crippen molar-refractivity contribution in [3.05, 3.63) is 53.9 Å². The summed E-state index contributed by atoms with van der Waals surface area (Å²) in [6.07, 6.45) is 4.05. The van der Waals surface area contributed by atoms with Gasteiger partial charge in [-0.15, -0.1) is 0 Å². The van der Waals surface area contributed by atoms with Crippen LogP contribution < -0.4 is 4.90 Å². The first-order chi connectivity index (χ1) is 11.5. The first-order valence-electron chi connectivity index (χ1n) is 8.23. The van der Waals surface area contributed by atoms with Gasteiger partial charge in [-0.05, 0) is 48.6 Å². The molecule has 1 heterocycles. The Morgan fingerprint density at radius 1 is 1.21 bits per heavy atom. The summed E-state index contributed by atoms with van der Waals surface area (Å²) < 4.78 is 0. The Morgan fingerprint density at radius 2 is 1.92 bits per heavy atom. The summed E-state index contributed by atoms with van der Waals surface area (Å²) in [4.78, 5) is 21.0. The Morgan fingerprint density at radius 3 is 2.54 bits per heavy atom. The van der Waals surface area contributed by atoms with Gasteiger partial charge in [-0.25, -0.2) is 0 Å². The molecule has 1 N–H and O–H groups in total. The average Bonchev–Trinajstić information content (AvgIpc) is 3.40. The third kappa shape index (κ3) is 4.04. The first kappa shape index (κ1) is 16.3. The van der Waals surface area contributed by atoms with Crippen molar-refractivity contribution in [2.75, 3.05) is 25.5 Å². The molecule has 5 nitrogen and oxygen atoms in total. The van der Waals surface area contributed by atoms with Crippen LogP contribution in [-0.2, 0) is 6.54 Å². The second-order valence-electron chi connectivity index (χ2n) is 6.59. The molecule has 5 heteroatoms. The minimum absolute atomic E-state index is 0.0429. The molecule has 126 valence electrons. The number of carbonyl (C=O) groups excluding carboxylic acids is 1. The standard InChI is InChI=1S/C19H23N3O2/c1-21(2)16-9-10-20-18(11-16)19(24)22(12-14-3-4-14)13-15-5-7-17(23)8-6-15/h5-11,14,23H,3-4,12-13H2,1-2H3. The lowest BCUT2D eigenvalue weighted by atomic mass is 10.1. The number of rotatable bonds is 6. The number of aromatic hydroxyl groups is 1. The number of phenols is 1. The number of aromatic nitrogens is 1. The number of phenolic OH excluding ortho intramolecular Hbond substituents is 1. The number of benzene rings is 1. The number of pyridine rings is 1. The highest BCUT2D eigenvalue weighted by Crippen LogP contribution is 2.31. The molecule has 0 unspecified atom stereocenters. The van der Waals surface area contributed by atoms with E-state index in [1.54, 1.807) is 18.3 Å². The van der Waals surface area contributed by atoms with Gasteiger partial charge >= 0.3 is 0 Å². The fourth-order valence-electron chi connectivity index (χ4n) is 2.63. The number of hydrogen-bond acceptors (Lipinski definition) is 4. The molecule has 1 saturated carbocycles. The van der Waals surface area contributed by atoms with Crippen molar-refractivity contribution in [3.63, 3.8) is 0 Å². The Bertz CT molecular complexity index is 709. The number of hydrogen-bond donors (Lipinski definition) is 1. The van der Waals surface area contributed by atoms with Gasteiger partial charge in [0.15, 0.2) is 0 Å². The lowest BCUT2D eigenvalue weighted by Crippen LogP contribution is -2.33. The van der Waals surface area contributed by atoms with E-state index in [-0.39, 0.29) is 11.7 Å². The van der Waals surface area contributed by atoms with Crippen LogP contribution in [0.1, 0.15) is 28.9 Å². The van der Waals surface area contributed by atoms with Crippen molar-refractivity contribution < 1.29 is 9.90 Å². The van der Waals surface area contributed by atoms with Crippen LogP contribution in [0.25, 0.3) is 0 Å². The summed E-state index contributed by atoms with van der Waals surface area (Å²) in [5.74, 6) is 0.793. The minimum atomic E-state index is -0.0429. The van der Waals surface area contributed by atoms with Gasteiger partial charge in [-0.2, -0.15) is 0 Å². The maximum atomic E-state index is 12.9. The lowest BCUT2D eigenvalue weighted by molar-refractivity contribution is 0.0729. The van der Waals surface area contributed by atoms with E-state index in [2.05, 4.69) is 4.98 Å². The van der Waals surface area contributed by atoms with E-state index in [1.165, 1.54) is 12.8 Å². The van der Waals surface area contributed by atoms with E-state index in [4.69, 9.17) is 0 Å². The summed E-state index contributed by atoms with van der Waals surface area (Å²) in [5.41, 5.74) is 2.44. The molecule has 0 spiro atoms. The van der Waals surface area contributed by atoms with Gasteiger partial charge in [-0.1, -0.05) is 12.1 Å². The number of anilines is 1. The fraction of sp³-hybridized carbons (Fsp3) is 0.368. The minimum Gasteiger partial charge on any atom is -0.508 e. The molecule has 0 saturated heterocycles. The summed E-state index contributed by atoms with van der Waals surface area (Å²) in [7, 11) is 3.89. The highest BCUT2D eigenvalue weighted by atomic mass is 16.3. The molecule has 2 aromatic rings. The molecule has 0 aliphatic heterocycles. The van der Waals surface area contributed by atoms with E-state index < -0.39 is 0 Å². The van der Waals surface area contributed by atoms with Gasteiger partial charge in [0.2, 0.25) is 0 Å². The maximum absolute atomic E-state index is 12.9. The van der Waals surface area contributed by atoms with Gasteiger partial charge in [-0.3, -0.25) is 9.78 Å². The molecule has 1 aliphatic carbocycles. The van der Waals surface area contributed by atoms with Crippen molar-refractivity contribution >= 4 is 11.6 Å². The SMILES string of the molecule is CN(C)c1ccnc(C(=O)N(Cc2ccc(O)cc2)CC2CC2)c1. The summed E-state index contributed by atoms with van der Waals surface area (Å²) in [6.45, 7) is 1.29. The van der Waals surface area contributed by atoms with Crippen LogP contribution in [0.15, 0.2) is 42.6 Å². The largest absolute Gasteiger partial charge is 0.508 e. The molecule has 24 heavy (non-hydrogen) atoms. The van der Waals surface area contributed by atoms with E-state index >= 15 is 0 Å². The zero-order valence-corrected chi connectivity index (χ0v) is 14.1. The predicted octanol–water partition coefficient (Wildman–Crippen LogP) is 2.91. The van der Waals surface area contributed by atoms with E-state index in [0.29, 0.717) is 18.2 Å². The molecule has 3 rings (SSSR count). The van der Waals surface area contributed by atoms with Crippen LogP contribution in [0.5, 0.6) is 5.75 Å². The highest BCUT2D eigenvalue weighted by molar-refractivity contribution is 5.93. The fourth-order valence-corrected chi connectivity index (χ4v) is 2.63. The van der Waals surface area contributed by atoms with Gasteiger partial charge in [0, 0.05) is 39.1 Å². The Labute approximate surface area is 142 Å². The van der Waals surface area contributed by atoms with Crippen molar-refractivity contribution in [2.24, 2.45) is 5.92 Å². The maximum Gasteiger partial charge on any atom is 0.272 e. The molecule has 1 fully saturated rings. The molecule has 0 atom stereocenters. The van der Waals surface area contributed by atoms with Crippen LogP contribution in [0.2, 0.25) is 0 Å². The Hall–Kier alpha value is -2.56. The molecule has 1 aromatic carbocycles. The third-order valence-electron chi connectivity index (χ3n) is 4.25. The van der Waals surface area contributed by atoms with Crippen LogP contribution in [0, 0.1) is 5.92 Å². The van der Waals surface area contributed by atoms with Gasteiger partial charge < -0.3 is 14.9 Å². The van der Waals surface area contributed by atoms with E-state index in [0.717, 1.165) is 17.8 Å². The quantitative estimate of drug-likeness (QED) is 0.887. The number of amides is 1. The second kappa shape index (κ2) is 6.91. The summed E-state index contributed by atoms with van der Waals surface area (Å²) in [5, 5.41) is 9.42. The number of nitrogens with zero attached hydrogens (tertiary/aromatic N) is 3. The van der Waals surface area contributed by atoms with E-state index in [1.807, 2.05) is 48.2 Å². The summed E-state index contributed by atoms with van der Waals surface area (Å²) in [6, 6.07) is 10.7.